The molecule has 6 N–H and O–H groups in total. The zero-order valence-corrected chi connectivity index (χ0v) is 20.4. The summed E-state index contributed by atoms with van der Waals surface area (Å²) >= 11 is 1.57. The molecule has 2 aromatic rings. The Morgan fingerprint density at radius 2 is 1.85 bits per heavy atom. The number of nitrogens with zero attached hydrogens (tertiary/aromatic N) is 3. The third-order valence-corrected chi connectivity index (χ3v) is 7.26. The molecule has 1 saturated heterocycles. The molecule has 0 bridgehead atoms. The van der Waals surface area contributed by atoms with Crippen molar-refractivity contribution in [3.63, 3.8) is 0 Å². The molecule has 33 heavy (non-hydrogen) atoms. The van der Waals surface area contributed by atoms with E-state index in [9.17, 15) is 0 Å². The van der Waals surface area contributed by atoms with E-state index in [1.165, 1.54) is 37.8 Å². The summed E-state index contributed by atoms with van der Waals surface area (Å²) in [6.07, 6.45) is 8.36. The molecule has 4 rings (SSSR count). The Hall–Kier alpha value is -2.42. The van der Waals surface area contributed by atoms with Crippen molar-refractivity contribution in [2.75, 3.05) is 30.4 Å². The van der Waals surface area contributed by atoms with Gasteiger partial charge in [-0.2, -0.15) is 0 Å². The zero-order valence-electron chi connectivity index (χ0n) is 19.5. The summed E-state index contributed by atoms with van der Waals surface area (Å²) in [7, 11) is 1.92. The second kappa shape index (κ2) is 11.6. The fourth-order valence-electron chi connectivity index (χ4n) is 4.81. The second-order valence-corrected chi connectivity index (χ2v) is 10.0. The first-order chi connectivity index (χ1) is 16.1. The van der Waals surface area contributed by atoms with Crippen LogP contribution in [0.3, 0.4) is 0 Å². The van der Waals surface area contributed by atoms with E-state index in [2.05, 4.69) is 62.5 Å². The van der Waals surface area contributed by atoms with Gasteiger partial charge in [0, 0.05) is 41.0 Å². The molecule has 7 nitrogen and oxygen atoms in total. The van der Waals surface area contributed by atoms with Crippen LogP contribution in [0.2, 0.25) is 0 Å². The summed E-state index contributed by atoms with van der Waals surface area (Å²) < 4.78 is 3.14. The zero-order chi connectivity index (χ0) is 23.0. The van der Waals surface area contributed by atoms with E-state index in [1.54, 1.807) is 17.1 Å². The maximum absolute atomic E-state index is 6.56. The van der Waals surface area contributed by atoms with Gasteiger partial charge in [-0.3, -0.25) is 4.72 Å². The van der Waals surface area contributed by atoms with Crippen LogP contribution in [-0.4, -0.2) is 43.2 Å². The Bertz CT molecular complexity index is 914. The lowest BCUT2D eigenvalue weighted by atomic mass is 9.95. The monoisotopic (exact) mass is 467 g/mol. The molecule has 2 aliphatic rings. The number of hydrazone groups is 1. The summed E-state index contributed by atoms with van der Waals surface area (Å²) in [6.45, 7) is 1.87. The number of hydrogen-bond acceptors (Lipinski definition) is 7. The van der Waals surface area contributed by atoms with Crippen molar-refractivity contribution >= 4 is 29.2 Å². The summed E-state index contributed by atoms with van der Waals surface area (Å²) in [6, 6.07) is 17.4. The van der Waals surface area contributed by atoms with Gasteiger partial charge in [0.2, 0.25) is 0 Å². The maximum Gasteiger partial charge on any atom is 0.154 e. The van der Waals surface area contributed by atoms with Crippen molar-refractivity contribution in [1.29, 1.82) is 0 Å². The predicted octanol–water partition coefficient (Wildman–Crippen LogP) is 4.12. The van der Waals surface area contributed by atoms with Gasteiger partial charge < -0.3 is 16.0 Å². The first-order valence-corrected chi connectivity index (χ1v) is 12.9. The fourth-order valence-corrected chi connectivity index (χ4v) is 5.36. The van der Waals surface area contributed by atoms with Gasteiger partial charge in [-0.15, -0.1) is 5.10 Å². The third kappa shape index (κ3) is 6.34. The van der Waals surface area contributed by atoms with Crippen LogP contribution in [0.4, 0.5) is 11.4 Å². The fraction of sp³-hybridized carbons (Fsp3) is 0.480. The van der Waals surface area contributed by atoms with Crippen molar-refractivity contribution < 1.29 is 0 Å². The minimum Gasteiger partial charge on any atom is -0.382 e. The number of benzene rings is 2. The van der Waals surface area contributed by atoms with E-state index in [1.807, 2.05) is 13.1 Å². The predicted molar refractivity (Wildman–Crippen MR) is 140 cm³/mol. The standard InChI is InChI=1S/C25H37N7S/c1-28-33-22-14-15-24(29-19-9-4-2-5-10-19)23(17-22)25(26)30-32(27)21-13-8-16-31(18-21)20-11-6-3-7-12-20/h3,6-7,11-12,14-15,17,19,21,28-29H,2,4-5,8-10,13,16,18,27H2,1H3,(H2,26,30). The first kappa shape index (κ1) is 23.7. The molecule has 8 heteroatoms. The molecule has 0 spiro atoms. The highest BCUT2D eigenvalue weighted by Gasteiger charge is 2.24. The van der Waals surface area contributed by atoms with Crippen molar-refractivity contribution in [2.45, 2.75) is 61.9 Å². The van der Waals surface area contributed by atoms with Crippen LogP contribution in [0, 0.1) is 0 Å². The molecule has 178 valence electrons. The molecule has 1 aliphatic carbocycles. The number of hydrogen-bond donors (Lipinski definition) is 4. The SMILES string of the molecule is CNSc1ccc(NC2CCCCC2)c(/C(N)=N/N(N)C2CCCN(c3ccccc3)C2)c1. The number of anilines is 2. The van der Waals surface area contributed by atoms with E-state index in [4.69, 9.17) is 11.6 Å². The molecule has 0 radical (unpaired) electrons. The molecule has 0 aromatic heterocycles. The Labute approximate surface area is 202 Å². The van der Waals surface area contributed by atoms with Gasteiger partial charge >= 0.3 is 0 Å². The van der Waals surface area contributed by atoms with Crippen molar-refractivity contribution in [3.8, 4) is 0 Å². The summed E-state index contributed by atoms with van der Waals surface area (Å²) in [5.74, 6) is 6.91. The van der Waals surface area contributed by atoms with Crippen molar-refractivity contribution in [2.24, 2.45) is 16.7 Å². The molecule has 1 unspecified atom stereocenters. The molecule has 1 atom stereocenters. The highest BCUT2D eigenvalue weighted by molar-refractivity contribution is 7.97. The summed E-state index contributed by atoms with van der Waals surface area (Å²) in [5, 5.41) is 9.96. The number of piperidine rings is 1. The summed E-state index contributed by atoms with van der Waals surface area (Å²) in [5.41, 5.74) is 9.73. The molecule has 1 aliphatic heterocycles. The number of nitrogens with two attached hydrogens (primary N) is 2. The van der Waals surface area contributed by atoms with E-state index >= 15 is 0 Å². The smallest absolute Gasteiger partial charge is 0.154 e. The highest BCUT2D eigenvalue weighted by Crippen LogP contribution is 2.27. The molecule has 1 heterocycles. The number of para-hydroxylation sites is 1. The van der Waals surface area contributed by atoms with E-state index in [0.717, 1.165) is 42.1 Å². The van der Waals surface area contributed by atoms with Crippen LogP contribution in [-0.2, 0) is 0 Å². The van der Waals surface area contributed by atoms with E-state index < -0.39 is 0 Å². The second-order valence-electron chi connectivity index (χ2n) is 8.94. The van der Waals surface area contributed by atoms with E-state index in [0.29, 0.717) is 11.9 Å². The van der Waals surface area contributed by atoms with Crippen LogP contribution < -0.4 is 26.5 Å². The molecular weight excluding hydrogens is 430 g/mol. The van der Waals surface area contributed by atoms with Crippen LogP contribution in [0.15, 0.2) is 58.5 Å². The van der Waals surface area contributed by atoms with Crippen LogP contribution in [0.5, 0.6) is 0 Å². The minimum absolute atomic E-state index is 0.113. The maximum atomic E-state index is 6.56. The van der Waals surface area contributed by atoms with E-state index in [-0.39, 0.29) is 6.04 Å². The lowest BCUT2D eigenvalue weighted by Gasteiger charge is -2.37. The topological polar surface area (TPSA) is 94.9 Å². The highest BCUT2D eigenvalue weighted by atomic mass is 32.2. The average molecular weight is 468 g/mol. The normalized spacial score (nSPS) is 20.0. The van der Waals surface area contributed by atoms with Crippen LogP contribution in [0.1, 0.15) is 50.5 Å². The lowest BCUT2D eigenvalue weighted by molar-refractivity contribution is 0.186. The van der Waals surface area contributed by atoms with Gasteiger partial charge in [-0.25, -0.2) is 11.0 Å². The summed E-state index contributed by atoms with van der Waals surface area (Å²) in [4.78, 5) is 3.47. The van der Waals surface area contributed by atoms with Gasteiger partial charge in [0.15, 0.2) is 5.84 Å². The van der Waals surface area contributed by atoms with Gasteiger partial charge in [-0.05, 0) is 75.0 Å². The van der Waals surface area contributed by atoms with Gasteiger partial charge in [0.1, 0.15) is 0 Å². The Morgan fingerprint density at radius 1 is 1.06 bits per heavy atom. The Balaban J connectivity index is 1.51. The number of amidine groups is 1. The largest absolute Gasteiger partial charge is 0.382 e. The minimum atomic E-state index is 0.113. The first-order valence-electron chi connectivity index (χ1n) is 12.1. The molecule has 2 aromatic carbocycles. The Morgan fingerprint density at radius 3 is 2.61 bits per heavy atom. The van der Waals surface area contributed by atoms with Crippen molar-refractivity contribution in [1.82, 2.24) is 9.84 Å². The van der Waals surface area contributed by atoms with Gasteiger partial charge in [-0.1, -0.05) is 37.5 Å². The van der Waals surface area contributed by atoms with Crippen LogP contribution >= 0.6 is 11.9 Å². The number of nitrogens with one attached hydrogen (secondary N) is 2. The number of hydrazine groups is 1. The third-order valence-electron chi connectivity index (χ3n) is 6.57. The molecular formula is C25H37N7S. The van der Waals surface area contributed by atoms with Crippen LogP contribution in [0.25, 0.3) is 0 Å². The average Bonchev–Trinajstić information content (AvgIpc) is 2.86. The van der Waals surface area contributed by atoms with Gasteiger partial charge in [0.05, 0.1) is 6.04 Å². The molecule has 1 saturated carbocycles. The van der Waals surface area contributed by atoms with Gasteiger partial charge in [0.25, 0.3) is 0 Å². The molecule has 0 amide bonds. The number of rotatable bonds is 8. The molecule has 2 fully saturated rings. The van der Waals surface area contributed by atoms with Crippen molar-refractivity contribution in [3.05, 3.63) is 54.1 Å². The lowest BCUT2D eigenvalue weighted by Crippen LogP contribution is -2.49. The Kier molecular flexibility index (Phi) is 8.36. The quantitative estimate of drug-likeness (QED) is 0.152.